The summed E-state index contributed by atoms with van der Waals surface area (Å²) in [4.78, 5) is 26.8. The second kappa shape index (κ2) is 6.15. The van der Waals surface area contributed by atoms with Gasteiger partial charge >= 0.3 is 0 Å². The van der Waals surface area contributed by atoms with Crippen molar-refractivity contribution < 1.29 is 9.72 Å². The van der Waals surface area contributed by atoms with E-state index in [-0.39, 0.29) is 29.0 Å². The zero-order valence-corrected chi connectivity index (χ0v) is 10.8. The van der Waals surface area contributed by atoms with E-state index in [1.54, 1.807) is 7.05 Å². The number of nitro groups is 1. The molecule has 18 heavy (non-hydrogen) atoms. The number of hydrogen-bond donors (Lipinski definition) is 1. The summed E-state index contributed by atoms with van der Waals surface area (Å²) in [6.45, 7) is 2.49. The lowest BCUT2D eigenvalue weighted by molar-refractivity contribution is -0.385. The second-order valence-electron chi connectivity index (χ2n) is 3.54. The lowest BCUT2D eigenvalue weighted by Crippen LogP contribution is -2.32. The maximum absolute atomic E-state index is 11.5. The van der Waals surface area contributed by atoms with Gasteiger partial charge in [-0.25, -0.2) is 4.98 Å². The topological polar surface area (TPSA) is 88.4 Å². The van der Waals surface area contributed by atoms with Crippen LogP contribution in [0.25, 0.3) is 0 Å². The summed E-state index contributed by atoms with van der Waals surface area (Å²) in [6.07, 6.45) is 1.09. The molecule has 0 aromatic carbocycles. The molecule has 0 spiro atoms. The molecular weight excluding hydrogens is 260 g/mol. The van der Waals surface area contributed by atoms with E-state index in [0.717, 1.165) is 6.20 Å². The molecule has 8 heteroatoms. The van der Waals surface area contributed by atoms with Crippen molar-refractivity contribution in [2.75, 3.05) is 25.5 Å². The highest BCUT2D eigenvalue weighted by Gasteiger charge is 2.12. The molecule has 0 unspecified atom stereocenters. The average molecular weight is 273 g/mol. The van der Waals surface area contributed by atoms with Crippen molar-refractivity contribution in [1.82, 2.24) is 9.88 Å². The molecule has 0 saturated carbocycles. The highest BCUT2D eigenvalue weighted by atomic mass is 35.5. The van der Waals surface area contributed by atoms with Gasteiger partial charge in [0.1, 0.15) is 12.0 Å². The molecule has 1 amide bonds. The Hall–Kier alpha value is -1.89. The minimum atomic E-state index is -0.585. The van der Waals surface area contributed by atoms with Gasteiger partial charge in [-0.05, 0) is 6.92 Å². The summed E-state index contributed by atoms with van der Waals surface area (Å²) in [5, 5.41) is 13.3. The van der Waals surface area contributed by atoms with Crippen LogP contribution in [0.3, 0.4) is 0 Å². The molecule has 1 aromatic rings. The fourth-order valence-electron chi connectivity index (χ4n) is 1.13. The van der Waals surface area contributed by atoms with Crippen LogP contribution in [0.1, 0.15) is 6.92 Å². The van der Waals surface area contributed by atoms with Gasteiger partial charge in [-0.15, -0.1) is 0 Å². The molecule has 0 aliphatic heterocycles. The van der Waals surface area contributed by atoms with E-state index in [4.69, 9.17) is 11.6 Å². The number of rotatable bonds is 5. The zero-order valence-electron chi connectivity index (χ0n) is 10.0. The first-order valence-corrected chi connectivity index (χ1v) is 5.61. The lowest BCUT2D eigenvalue weighted by atomic mass is 10.4. The fraction of sp³-hybridized carbons (Fsp3) is 0.400. The SMILES string of the molecule is CCN(C)C(=O)CNc1ncc([N+](=O)[O-])cc1Cl. The molecule has 98 valence electrons. The molecule has 7 nitrogen and oxygen atoms in total. The Balaban J connectivity index is 2.69. The molecule has 0 atom stereocenters. The highest BCUT2D eigenvalue weighted by Crippen LogP contribution is 2.23. The summed E-state index contributed by atoms with van der Waals surface area (Å²) >= 11 is 5.82. The minimum absolute atomic E-state index is 0.0366. The predicted octanol–water partition coefficient (Wildman–Crippen LogP) is 1.53. The van der Waals surface area contributed by atoms with Crippen molar-refractivity contribution in [3.8, 4) is 0 Å². The van der Waals surface area contributed by atoms with Crippen molar-refractivity contribution in [2.45, 2.75) is 6.92 Å². The first kappa shape index (κ1) is 14.2. The number of carbonyl (C=O) groups excluding carboxylic acids is 1. The third-order valence-electron chi connectivity index (χ3n) is 2.34. The van der Waals surface area contributed by atoms with Crippen molar-refractivity contribution >= 4 is 29.0 Å². The van der Waals surface area contributed by atoms with Crippen molar-refractivity contribution in [2.24, 2.45) is 0 Å². The van der Waals surface area contributed by atoms with Gasteiger partial charge in [0.2, 0.25) is 5.91 Å². The molecule has 1 heterocycles. The number of hydrogen-bond acceptors (Lipinski definition) is 5. The average Bonchev–Trinajstić information content (AvgIpc) is 2.35. The number of anilines is 1. The van der Waals surface area contributed by atoms with Crippen LogP contribution < -0.4 is 5.32 Å². The van der Waals surface area contributed by atoms with Crippen molar-refractivity contribution in [1.29, 1.82) is 0 Å². The van der Waals surface area contributed by atoms with Gasteiger partial charge in [0.25, 0.3) is 5.69 Å². The standard InChI is InChI=1S/C10H13ClN4O3/c1-3-14(2)9(16)6-13-10-8(11)4-7(5-12-10)15(17)18/h4-5H,3,6H2,1-2H3,(H,12,13). The van der Waals surface area contributed by atoms with Gasteiger partial charge in [0.15, 0.2) is 0 Å². The first-order chi connectivity index (χ1) is 8.45. The molecule has 0 bridgehead atoms. The number of nitrogens with zero attached hydrogens (tertiary/aromatic N) is 3. The van der Waals surface area contributed by atoms with E-state index in [0.29, 0.717) is 6.54 Å². The molecule has 1 N–H and O–H groups in total. The molecule has 0 saturated heterocycles. The largest absolute Gasteiger partial charge is 0.360 e. The number of aromatic nitrogens is 1. The zero-order chi connectivity index (χ0) is 13.7. The molecule has 0 fully saturated rings. The molecular formula is C10H13ClN4O3. The number of nitrogens with one attached hydrogen (secondary N) is 1. The van der Waals surface area contributed by atoms with Gasteiger partial charge < -0.3 is 10.2 Å². The quantitative estimate of drug-likeness (QED) is 0.649. The van der Waals surface area contributed by atoms with Crippen LogP contribution >= 0.6 is 11.6 Å². The lowest BCUT2D eigenvalue weighted by Gasteiger charge is -2.15. The molecule has 1 aromatic heterocycles. The third kappa shape index (κ3) is 3.56. The number of pyridine rings is 1. The summed E-state index contributed by atoms with van der Waals surface area (Å²) < 4.78 is 0. The Morgan fingerprint density at radius 2 is 2.33 bits per heavy atom. The summed E-state index contributed by atoms with van der Waals surface area (Å²) in [5.74, 6) is 0.133. The monoisotopic (exact) mass is 272 g/mol. The Kier molecular flexibility index (Phi) is 4.85. The van der Waals surface area contributed by atoms with Gasteiger partial charge in [-0.1, -0.05) is 11.6 Å². The second-order valence-corrected chi connectivity index (χ2v) is 3.95. The Labute approximate surface area is 109 Å². The highest BCUT2D eigenvalue weighted by molar-refractivity contribution is 6.33. The van der Waals surface area contributed by atoms with Gasteiger partial charge in [-0.3, -0.25) is 14.9 Å². The molecule has 0 aliphatic rings. The van der Waals surface area contributed by atoms with Crippen LogP contribution in [0, 0.1) is 10.1 Å². The number of amides is 1. The van der Waals surface area contributed by atoms with Crippen LogP contribution in [0.4, 0.5) is 11.5 Å². The van der Waals surface area contributed by atoms with Crippen molar-refractivity contribution in [3.63, 3.8) is 0 Å². The summed E-state index contributed by atoms with van der Waals surface area (Å²) in [7, 11) is 1.68. The third-order valence-corrected chi connectivity index (χ3v) is 2.63. The van der Waals surface area contributed by atoms with E-state index in [2.05, 4.69) is 10.3 Å². The van der Waals surface area contributed by atoms with Crippen LogP contribution in [0.5, 0.6) is 0 Å². The van der Waals surface area contributed by atoms with Crippen LogP contribution in [-0.2, 0) is 4.79 Å². The number of likely N-dealkylation sites (N-methyl/N-ethyl adjacent to an activating group) is 1. The molecule has 0 radical (unpaired) electrons. The maximum Gasteiger partial charge on any atom is 0.289 e. The molecule has 1 rings (SSSR count). The van der Waals surface area contributed by atoms with Gasteiger partial charge in [0, 0.05) is 19.7 Å². The Morgan fingerprint density at radius 1 is 1.67 bits per heavy atom. The summed E-state index contributed by atoms with van der Waals surface area (Å²) in [6, 6.07) is 1.19. The Bertz CT molecular complexity index is 466. The smallest absolute Gasteiger partial charge is 0.289 e. The van der Waals surface area contributed by atoms with Gasteiger partial charge in [-0.2, -0.15) is 0 Å². The van der Waals surface area contributed by atoms with Crippen LogP contribution in [-0.4, -0.2) is 40.9 Å². The normalized spacial score (nSPS) is 9.94. The van der Waals surface area contributed by atoms with E-state index < -0.39 is 4.92 Å². The van der Waals surface area contributed by atoms with Crippen molar-refractivity contribution in [3.05, 3.63) is 27.4 Å². The van der Waals surface area contributed by atoms with E-state index in [1.165, 1.54) is 11.0 Å². The Morgan fingerprint density at radius 3 is 2.83 bits per heavy atom. The van der Waals surface area contributed by atoms with Crippen LogP contribution in [0.15, 0.2) is 12.3 Å². The maximum atomic E-state index is 11.5. The van der Waals surface area contributed by atoms with E-state index in [1.807, 2.05) is 6.92 Å². The van der Waals surface area contributed by atoms with Gasteiger partial charge in [0.05, 0.1) is 16.5 Å². The van der Waals surface area contributed by atoms with E-state index in [9.17, 15) is 14.9 Å². The first-order valence-electron chi connectivity index (χ1n) is 5.23. The fourth-order valence-corrected chi connectivity index (χ4v) is 1.36. The molecule has 0 aliphatic carbocycles. The van der Waals surface area contributed by atoms with Crippen LogP contribution in [0.2, 0.25) is 5.02 Å². The summed E-state index contributed by atoms with van der Waals surface area (Å²) in [5.41, 5.74) is -0.192. The minimum Gasteiger partial charge on any atom is -0.360 e. The number of halogens is 1. The number of carbonyl (C=O) groups is 1. The van der Waals surface area contributed by atoms with E-state index >= 15 is 0 Å². The predicted molar refractivity (Wildman–Crippen MR) is 67.7 cm³/mol.